The van der Waals surface area contributed by atoms with E-state index in [9.17, 15) is 9.90 Å². The fourth-order valence-corrected chi connectivity index (χ4v) is 2.51. The normalized spacial score (nSPS) is 10.8. The molecule has 2 aromatic heterocycles. The lowest BCUT2D eigenvalue weighted by Crippen LogP contribution is -2.00. The number of hydrogen-bond acceptors (Lipinski definition) is 4. The van der Waals surface area contributed by atoms with E-state index in [1.165, 1.54) is 0 Å². The standard InChI is InChI=1S/C18H12N2O4/c21-18(22)15-8-11(13-9-19-20-10-13)1-3-17(15)24-14-2-4-16-12(7-14)5-6-23-16/h1-10H,(H,19,20)(H,21,22). The summed E-state index contributed by atoms with van der Waals surface area (Å²) in [5.41, 5.74) is 2.39. The van der Waals surface area contributed by atoms with Gasteiger partial charge in [0.1, 0.15) is 22.6 Å². The number of aromatic carboxylic acids is 1. The van der Waals surface area contributed by atoms with Crippen LogP contribution in [0, 0.1) is 0 Å². The lowest BCUT2D eigenvalue weighted by molar-refractivity contribution is 0.0694. The van der Waals surface area contributed by atoms with Crippen LogP contribution < -0.4 is 4.74 Å². The average molecular weight is 320 g/mol. The molecule has 6 nitrogen and oxygen atoms in total. The van der Waals surface area contributed by atoms with Gasteiger partial charge in [-0.3, -0.25) is 5.10 Å². The fourth-order valence-electron chi connectivity index (χ4n) is 2.51. The van der Waals surface area contributed by atoms with E-state index in [2.05, 4.69) is 10.2 Å². The zero-order valence-electron chi connectivity index (χ0n) is 12.4. The molecule has 0 aliphatic heterocycles. The summed E-state index contributed by atoms with van der Waals surface area (Å²) >= 11 is 0. The molecule has 2 aromatic carbocycles. The number of rotatable bonds is 4. The Labute approximate surface area is 136 Å². The average Bonchev–Trinajstić information content (AvgIpc) is 3.26. The molecule has 0 radical (unpaired) electrons. The highest BCUT2D eigenvalue weighted by atomic mass is 16.5. The molecule has 0 unspecified atom stereocenters. The van der Waals surface area contributed by atoms with Gasteiger partial charge in [0, 0.05) is 17.1 Å². The van der Waals surface area contributed by atoms with Crippen LogP contribution in [0.5, 0.6) is 11.5 Å². The van der Waals surface area contributed by atoms with Crippen LogP contribution in [0.4, 0.5) is 0 Å². The number of nitrogens with zero attached hydrogens (tertiary/aromatic N) is 1. The molecule has 2 heterocycles. The fraction of sp³-hybridized carbons (Fsp3) is 0. The minimum absolute atomic E-state index is 0.0843. The van der Waals surface area contributed by atoms with E-state index in [0.717, 1.165) is 22.1 Å². The maximum absolute atomic E-state index is 11.6. The van der Waals surface area contributed by atoms with E-state index in [1.807, 2.05) is 6.07 Å². The van der Waals surface area contributed by atoms with E-state index in [0.29, 0.717) is 5.75 Å². The van der Waals surface area contributed by atoms with Crippen LogP contribution in [0.1, 0.15) is 10.4 Å². The molecule has 0 spiro atoms. The highest BCUT2D eigenvalue weighted by molar-refractivity contribution is 5.93. The summed E-state index contributed by atoms with van der Waals surface area (Å²) < 4.78 is 11.1. The Bertz CT molecular complexity index is 1020. The Hall–Kier alpha value is -3.54. The van der Waals surface area contributed by atoms with Crippen LogP contribution in [0.3, 0.4) is 0 Å². The van der Waals surface area contributed by atoms with Gasteiger partial charge in [0.15, 0.2) is 0 Å². The smallest absolute Gasteiger partial charge is 0.339 e. The van der Waals surface area contributed by atoms with E-state index in [-0.39, 0.29) is 11.3 Å². The summed E-state index contributed by atoms with van der Waals surface area (Å²) in [6, 6.07) is 12.1. The maximum atomic E-state index is 11.6. The summed E-state index contributed by atoms with van der Waals surface area (Å²) in [5.74, 6) is -0.236. The van der Waals surface area contributed by atoms with Crippen LogP contribution in [-0.4, -0.2) is 21.3 Å². The van der Waals surface area contributed by atoms with Gasteiger partial charge in [-0.15, -0.1) is 0 Å². The maximum Gasteiger partial charge on any atom is 0.339 e. The SMILES string of the molecule is O=C(O)c1cc(-c2cn[nH]c2)ccc1Oc1ccc2occc2c1. The van der Waals surface area contributed by atoms with E-state index in [1.54, 1.807) is 55.1 Å². The number of carbonyl (C=O) groups is 1. The van der Waals surface area contributed by atoms with Gasteiger partial charge in [0.05, 0.1) is 12.5 Å². The summed E-state index contributed by atoms with van der Waals surface area (Å²) in [6.07, 6.45) is 4.93. The second kappa shape index (κ2) is 5.58. The third kappa shape index (κ3) is 2.50. The molecule has 0 aliphatic rings. The third-order valence-electron chi connectivity index (χ3n) is 3.69. The van der Waals surface area contributed by atoms with Gasteiger partial charge in [-0.1, -0.05) is 6.07 Å². The Morgan fingerprint density at radius 3 is 2.83 bits per heavy atom. The minimum Gasteiger partial charge on any atom is -0.478 e. The molecule has 24 heavy (non-hydrogen) atoms. The van der Waals surface area contributed by atoms with Crippen molar-refractivity contribution in [3.05, 3.63) is 66.7 Å². The Kier molecular flexibility index (Phi) is 3.28. The summed E-state index contributed by atoms with van der Waals surface area (Å²) in [5, 5.41) is 17.0. The second-order valence-electron chi connectivity index (χ2n) is 5.23. The monoisotopic (exact) mass is 320 g/mol. The number of benzene rings is 2. The van der Waals surface area contributed by atoms with Crippen molar-refractivity contribution in [2.75, 3.05) is 0 Å². The summed E-state index contributed by atoms with van der Waals surface area (Å²) in [6.45, 7) is 0. The van der Waals surface area contributed by atoms with E-state index >= 15 is 0 Å². The summed E-state index contributed by atoms with van der Waals surface area (Å²) in [7, 11) is 0. The Morgan fingerprint density at radius 2 is 2.04 bits per heavy atom. The first-order chi connectivity index (χ1) is 11.7. The number of fused-ring (bicyclic) bond motifs is 1. The minimum atomic E-state index is -1.06. The molecule has 6 heteroatoms. The molecular weight excluding hydrogens is 308 g/mol. The van der Waals surface area contributed by atoms with Gasteiger partial charge in [-0.25, -0.2) is 4.79 Å². The molecule has 0 bridgehead atoms. The number of carboxylic acids is 1. The largest absolute Gasteiger partial charge is 0.478 e. The molecule has 4 rings (SSSR count). The molecule has 0 amide bonds. The van der Waals surface area contributed by atoms with Gasteiger partial charge in [-0.2, -0.15) is 5.10 Å². The number of hydrogen-bond donors (Lipinski definition) is 2. The first-order valence-corrected chi connectivity index (χ1v) is 7.22. The molecule has 0 saturated heterocycles. The predicted octanol–water partition coefficient (Wildman–Crippen LogP) is 4.31. The molecule has 0 atom stereocenters. The molecule has 0 saturated carbocycles. The van der Waals surface area contributed by atoms with Crippen molar-refractivity contribution < 1.29 is 19.1 Å². The molecule has 118 valence electrons. The van der Waals surface area contributed by atoms with Crippen LogP contribution in [0.2, 0.25) is 0 Å². The van der Waals surface area contributed by atoms with Crippen LogP contribution in [0.25, 0.3) is 22.1 Å². The van der Waals surface area contributed by atoms with E-state index < -0.39 is 5.97 Å². The van der Waals surface area contributed by atoms with E-state index in [4.69, 9.17) is 9.15 Å². The lowest BCUT2D eigenvalue weighted by Gasteiger charge is -2.10. The first-order valence-electron chi connectivity index (χ1n) is 7.22. The molecule has 0 fully saturated rings. The van der Waals surface area contributed by atoms with Crippen LogP contribution >= 0.6 is 0 Å². The number of ether oxygens (including phenoxy) is 1. The first kappa shape index (κ1) is 14.1. The van der Waals surface area contributed by atoms with Crippen molar-refractivity contribution in [3.8, 4) is 22.6 Å². The number of aromatic amines is 1. The molecule has 4 aromatic rings. The summed E-state index contributed by atoms with van der Waals surface area (Å²) in [4.78, 5) is 11.6. The van der Waals surface area contributed by atoms with Crippen molar-refractivity contribution in [1.82, 2.24) is 10.2 Å². The van der Waals surface area contributed by atoms with Crippen molar-refractivity contribution in [2.45, 2.75) is 0 Å². The number of nitrogens with one attached hydrogen (secondary N) is 1. The predicted molar refractivity (Wildman–Crippen MR) is 87.3 cm³/mol. The Morgan fingerprint density at radius 1 is 1.12 bits per heavy atom. The van der Waals surface area contributed by atoms with Crippen molar-refractivity contribution in [1.29, 1.82) is 0 Å². The van der Waals surface area contributed by atoms with Gasteiger partial charge < -0.3 is 14.3 Å². The highest BCUT2D eigenvalue weighted by Gasteiger charge is 2.14. The number of aromatic nitrogens is 2. The molecule has 0 aliphatic carbocycles. The quantitative estimate of drug-likeness (QED) is 0.585. The van der Waals surface area contributed by atoms with Crippen molar-refractivity contribution in [2.24, 2.45) is 0 Å². The zero-order chi connectivity index (χ0) is 16.5. The van der Waals surface area contributed by atoms with Gasteiger partial charge in [0.2, 0.25) is 0 Å². The van der Waals surface area contributed by atoms with Crippen molar-refractivity contribution >= 4 is 16.9 Å². The third-order valence-corrected chi connectivity index (χ3v) is 3.69. The lowest BCUT2D eigenvalue weighted by atomic mass is 10.1. The second-order valence-corrected chi connectivity index (χ2v) is 5.23. The highest BCUT2D eigenvalue weighted by Crippen LogP contribution is 2.31. The number of H-pyrrole nitrogens is 1. The van der Waals surface area contributed by atoms with Gasteiger partial charge in [0.25, 0.3) is 0 Å². The molecule has 2 N–H and O–H groups in total. The Balaban J connectivity index is 1.72. The zero-order valence-corrected chi connectivity index (χ0v) is 12.4. The number of furan rings is 1. The van der Waals surface area contributed by atoms with Crippen molar-refractivity contribution in [3.63, 3.8) is 0 Å². The van der Waals surface area contributed by atoms with Gasteiger partial charge >= 0.3 is 5.97 Å². The van der Waals surface area contributed by atoms with Crippen LogP contribution in [-0.2, 0) is 0 Å². The van der Waals surface area contributed by atoms with Crippen LogP contribution in [0.15, 0.2) is 65.5 Å². The molecular formula is C18H12N2O4. The van der Waals surface area contributed by atoms with Gasteiger partial charge in [-0.05, 0) is 42.0 Å². The number of carboxylic acid groups (broad SMARTS) is 1. The topological polar surface area (TPSA) is 88.3 Å².